The Labute approximate surface area is 134 Å². The van der Waals surface area contributed by atoms with Crippen molar-refractivity contribution in [3.8, 4) is 11.5 Å². The second-order valence-corrected chi connectivity index (χ2v) is 4.88. The lowest BCUT2D eigenvalue weighted by Crippen LogP contribution is -2.15. The molecule has 0 saturated heterocycles. The minimum absolute atomic E-state index is 0.339. The Bertz CT molecular complexity index is 721. The molecule has 0 N–H and O–H groups in total. The van der Waals surface area contributed by atoms with Gasteiger partial charge in [-0.2, -0.15) is 0 Å². The van der Waals surface area contributed by atoms with Gasteiger partial charge in [-0.3, -0.25) is 4.79 Å². The summed E-state index contributed by atoms with van der Waals surface area (Å²) in [5.41, 5.74) is 1.58. The Morgan fingerprint density at radius 2 is 1.70 bits per heavy atom. The summed E-state index contributed by atoms with van der Waals surface area (Å²) in [6, 6.07) is 11.9. The van der Waals surface area contributed by atoms with Gasteiger partial charge in [-0.1, -0.05) is 18.2 Å². The summed E-state index contributed by atoms with van der Waals surface area (Å²) in [7, 11) is 2.99. The van der Waals surface area contributed by atoms with E-state index in [-0.39, 0.29) is 12.4 Å². The van der Waals surface area contributed by atoms with Crippen molar-refractivity contribution in [2.75, 3.05) is 20.8 Å². The first-order valence-electron chi connectivity index (χ1n) is 7.04. The van der Waals surface area contributed by atoms with E-state index in [0.29, 0.717) is 22.6 Å². The predicted octanol–water partition coefficient (Wildman–Crippen LogP) is 3.05. The third kappa shape index (κ3) is 3.88. The molecule has 2 rings (SSSR count). The molecule has 0 unspecified atom stereocenters. The fourth-order valence-electron chi connectivity index (χ4n) is 2.12. The molecular weight excluding hydrogens is 296 g/mol. The summed E-state index contributed by atoms with van der Waals surface area (Å²) in [6.07, 6.45) is 0. The van der Waals surface area contributed by atoms with Crippen molar-refractivity contribution >= 4 is 11.8 Å². The van der Waals surface area contributed by atoms with Crippen LogP contribution in [0.5, 0.6) is 11.5 Å². The highest BCUT2D eigenvalue weighted by Crippen LogP contribution is 2.25. The summed E-state index contributed by atoms with van der Waals surface area (Å²) in [5, 5.41) is 0. The third-order valence-corrected chi connectivity index (χ3v) is 3.41. The average molecular weight is 314 g/mol. The Kier molecular flexibility index (Phi) is 5.36. The van der Waals surface area contributed by atoms with Crippen molar-refractivity contribution in [2.24, 2.45) is 0 Å². The van der Waals surface area contributed by atoms with Crippen molar-refractivity contribution in [1.82, 2.24) is 0 Å². The van der Waals surface area contributed by atoms with Crippen LogP contribution in [0.4, 0.5) is 0 Å². The molecule has 0 aliphatic carbocycles. The fourth-order valence-corrected chi connectivity index (χ4v) is 2.12. The fraction of sp³-hybridized carbons (Fsp3) is 0.222. The van der Waals surface area contributed by atoms with Crippen molar-refractivity contribution in [1.29, 1.82) is 0 Å². The summed E-state index contributed by atoms with van der Waals surface area (Å²) < 4.78 is 15.4. The maximum Gasteiger partial charge on any atom is 0.338 e. The van der Waals surface area contributed by atoms with Gasteiger partial charge >= 0.3 is 5.97 Å². The Balaban J connectivity index is 2.08. The molecule has 0 bridgehead atoms. The molecule has 0 aromatic heterocycles. The molecule has 0 radical (unpaired) electrons. The number of ketones is 1. The Morgan fingerprint density at radius 3 is 2.35 bits per heavy atom. The zero-order valence-corrected chi connectivity index (χ0v) is 13.3. The van der Waals surface area contributed by atoms with Crippen molar-refractivity contribution in [2.45, 2.75) is 6.92 Å². The lowest BCUT2D eigenvalue weighted by atomic mass is 10.1. The molecule has 0 heterocycles. The molecule has 0 fully saturated rings. The minimum atomic E-state index is -0.524. The van der Waals surface area contributed by atoms with Crippen LogP contribution in [-0.4, -0.2) is 32.6 Å². The van der Waals surface area contributed by atoms with E-state index >= 15 is 0 Å². The van der Waals surface area contributed by atoms with Crippen LogP contribution in [0, 0.1) is 6.92 Å². The van der Waals surface area contributed by atoms with Crippen LogP contribution in [0.25, 0.3) is 0 Å². The number of rotatable bonds is 6. The van der Waals surface area contributed by atoms with Gasteiger partial charge in [0.15, 0.2) is 6.61 Å². The average Bonchev–Trinajstić information content (AvgIpc) is 2.59. The third-order valence-electron chi connectivity index (χ3n) is 3.41. The summed E-state index contributed by atoms with van der Waals surface area (Å²) in [4.78, 5) is 24.3. The van der Waals surface area contributed by atoms with E-state index in [9.17, 15) is 9.59 Å². The van der Waals surface area contributed by atoms with Gasteiger partial charge < -0.3 is 14.2 Å². The van der Waals surface area contributed by atoms with Gasteiger partial charge in [0, 0.05) is 6.07 Å². The highest BCUT2D eigenvalue weighted by atomic mass is 16.5. The second-order valence-electron chi connectivity index (χ2n) is 4.88. The molecule has 5 nitrogen and oxygen atoms in total. The second kappa shape index (κ2) is 7.45. The zero-order chi connectivity index (χ0) is 16.8. The number of carbonyl (C=O) groups is 2. The lowest BCUT2D eigenvalue weighted by Gasteiger charge is -2.10. The number of benzene rings is 2. The van der Waals surface area contributed by atoms with Crippen LogP contribution < -0.4 is 9.47 Å². The van der Waals surface area contributed by atoms with Crippen LogP contribution in [-0.2, 0) is 4.74 Å². The normalized spacial score (nSPS) is 10.0. The first kappa shape index (κ1) is 16.5. The molecular formula is C18H18O5. The van der Waals surface area contributed by atoms with E-state index in [2.05, 4.69) is 0 Å². The largest absolute Gasteiger partial charge is 0.497 e. The van der Waals surface area contributed by atoms with E-state index < -0.39 is 5.97 Å². The first-order valence-corrected chi connectivity index (χ1v) is 7.04. The molecule has 0 amide bonds. The molecule has 23 heavy (non-hydrogen) atoms. The zero-order valence-electron chi connectivity index (χ0n) is 13.3. The molecule has 2 aromatic rings. The van der Waals surface area contributed by atoms with Crippen LogP contribution in [0.2, 0.25) is 0 Å². The molecule has 0 atom stereocenters. The van der Waals surface area contributed by atoms with Gasteiger partial charge in [0.1, 0.15) is 11.5 Å². The standard InChI is InChI=1S/C18H18O5/c1-12-6-4-5-7-14(12)18(20)23-11-16(19)15-9-8-13(21-2)10-17(15)22-3/h4-10H,11H2,1-3H3. The molecule has 2 aromatic carbocycles. The molecule has 0 spiro atoms. The van der Waals surface area contributed by atoms with Crippen LogP contribution in [0.3, 0.4) is 0 Å². The topological polar surface area (TPSA) is 61.8 Å². The first-order chi connectivity index (χ1) is 11.1. The van der Waals surface area contributed by atoms with Crippen molar-refractivity contribution in [3.63, 3.8) is 0 Å². The van der Waals surface area contributed by atoms with Gasteiger partial charge in [-0.25, -0.2) is 4.79 Å². The van der Waals surface area contributed by atoms with E-state index in [1.54, 1.807) is 30.3 Å². The van der Waals surface area contributed by atoms with Gasteiger partial charge in [0.2, 0.25) is 5.78 Å². The molecule has 0 aliphatic heterocycles. The van der Waals surface area contributed by atoms with Gasteiger partial charge in [-0.05, 0) is 30.7 Å². The highest BCUT2D eigenvalue weighted by molar-refractivity contribution is 6.01. The van der Waals surface area contributed by atoms with E-state index in [0.717, 1.165) is 5.56 Å². The Morgan fingerprint density at radius 1 is 0.957 bits per heavy atom. The number of methoxy groups -OCH3 is 2. The van der Waals surface area contributed by atoms with E-state index in [1.165, 1.54) is 14.2 Å². The lowest BCUT2D eigenvalue weighted by molar-refractivity contribution is 0.0473. The smallest absolute Gasteiger partial charge is 0.338 e. The van der Waals surface area contributed by atoms with Gasteiger partial charge in [0.05, 0.1) is 25.3 Å². The Hall–Kier alpha value is -2.82. The number of ether oxygens (including phenoxy) is 3. The molecule has 0 aliphatic rings. The number of Topliss-reactive ketones (excluding diaryl/α,β-unsaturated/α-hetero) is 1. The number of esters is 1. The van der Waals surface area contributed by atoms with Gasteiger partial charge in [0.25, 0.3) is 0 Å². The molecule has 5 heteroatoms. The minimum Gasteiger partial charge on any atom is -0.497 e. The maximum atomic E-state index is 12.2. The van der Waals surface area contributed by atoms with E-state index in [4.69, 9.17) is 14.2 Å². The van der Waals surface area contributed by atoms with Crippen LogP contribution in [0.15, 0.2) is 42.5 Å². The maximum absolute atomic E-state index is 12.2. The SMILES string of the molecule is COc1ccc(C(=O)COC(=O)c2ccccc2C)c(OC)c1. The van der Waals surface area contributed by atoms with Crippen molar-refractivity contribution in [3.05, 3.63) is 59.2 Å². The monoisotopic (exact) mass is 314 g/mol. The van der Waals surface area contributed by atoms with Crippen LogP contribution >= 0.6 is 0 Å². The van der Waals surface area contributed by atoms with Crippen molar-refractivity contribution < 1.29 is 23.8 Å². The van der Waals surface area contributed by atoms with E-state index in [1.807, 2.05) is 19.1 Å². The summed E-state index contributed by atoms with van der Waals surface area (Å²) in [5.74, 6) is 0.0898. The quantitative estimate of drug-likeness (QED) is 0.606. The van der Waals surface area contributed by atoms with Crippen LogP contribution in [0.1, 0.15) is 26.3 Å². The number of aryl methyl sites for hydroxylation is 1. The summed E-state index contributed by atoms with van der Waals surface area (Å²) in [6.45, 7) is 1.46. The summed E-state index contributed by atoms with van der Waals surface area (Å²) >= 11 is 0. The molecule has 0 saturated carbocycles. The number of hydrogen-bond donors (Lipinski definition) is 0. The predicted molar refractivity (Wildman–Crippen MR) is 85.3 cm³/mol. The highest BCUT2D eigenvalue weighted by Gasteiger charge is 2.17. The van der Waals surface area contributed by atoms with Gasteiger partial charge in [-0.15, -0.1) is 0 Å². The number of carbonyl (C=O) groups excluding carboxylic acids is 2. The molecule has 120 valence electrons. The number of hydrogen-bond acceptors (Lipinski definition) is 5.